The first-order valence-corrected chi connectivity index (χ1v) is 7.57. The fraction of sp³-hybridized carbons (Fsp3) is 0.0714. The first-order valence-electron chi connectivity index (χ1n) is 5.89. The molecule has 3 rings (SSSR count). The quantitative estimate of drug-likeness (QED) is 0.747. The van der Waals surface area contributed by atoms with Crippen LogP contribution in [-0.4, -0.2) is 9.78 Å². The van der Waals surface area contributed by atoms with Crippen LogP contribution in [0, 0.1) is 5.82 Å². The molecule has 2 heterocycles. The number of benzene rings is 1. The third-order valence-corrected chi connectivity index (χ3v) is 4.88. The van der Waals surface area contributed by atoms with Crippen molar-refractivity contribution in [3.63, 3.8) is 0 Å². The Labute approximate surface area is 128 Å². The van der Waals surface area contributed by atoms with Crippen molar-refractivity contribution in [1.29, 1.82) is 0 Å². The highest BCUT2D eigenvalue weighted by molar-refractivity contribution is 9.10. The van der Waals surface area contributed by atoms with E-state index in [1.165, 1.54) is 12.1 Å². The summed E-state index contributed by atoms with van der Waals surface area (Å²) in [6, 6.07) is 8.35. The van der Waals surface area contributed by atoms with Crippen molar-refractivity contribution in [3.05, 3.63) is 46.0 Å². The maximum Gasteiger partial charge on any atom is 0.129 e. The summed E-state index contributed by atoms with van der Waals surface area (Å²) in [7, 11) is 1.78. The average molecular weight is 352 g/mol. The van der Waals surface area contributed by atoms with Crippen LogP contribution in [0.3, 0.4) is 0 Å². The molecule has 0 radical (unpaired) electrons. The summed E-state index contributed by atoms with van der Waals surface area (Å²) in [5.41, 5.74) is 8.36. The zero-order valence-electron chi connectivity index (χ0n) is 10.6. The Morgan fingerprint density at radius 3 is 2.80 bits per heavy atom. The zero-order chi connectivity index (χ0) is 14.3. The SMILES string of the molecule is Cn1nc(-c2sccc2Br)c(-c2cccc(F)c2)c1N. The van der Waals surface area contributed by atoms with Gasteiger partial charge in [0.05, 0.1) is 10.4 Å². The van der Waals surface area contributed by atoms with Gasteiger partial charge in [-0.05, 0) is 45.1 Å². The van der Waals surface area contributed by atoms with Gasteiger partial charge in [-0.25, -0.2) is 4.39 Å². The molecule has 0 bridgehead atoms. The van der Waals surface area contributed by atoms with E-state index >= 15 is 0 Å². The van der Waals surface area contributed by atoms with Gasteiger partial charge in [-0.15, -0.1) is 11.3 Å². The minimum absolute atomic E-state index is 0.290. The third kappa shape index (κ3) is 2.14. The van der Waals surface area contributed by atoms with Crippen LogP contribution in [0.4, 0.5) is 10.2 Å². The van der Waals surface area contributed by atoms with Crippen LogP contribution in [0.1, 0.15) is 0 Å². The Morgan fingerprint density at radius 1 is 1.35 bits per heavy atom. The molecule has 0 saturated carbocycles. The molecule has 0 aliphatic carbocycles. The third-order valence-electron chi connectivity index (χ3n) is 3.04. The smallest absolute Gasteiger partial charge is 0.129 e. The van der Waals surface area contributed by atoms with Crippen molar-refractivity contribution in [2.75, 3.05) is 5.73 Å². The monoisotopic (exact) mass is 351 g/mol. The number of anilines is 1. The van der Waals surface area contributed by atoms with E-state index in [1.54, 1.807) is 29.1 Å². The number of rotatable bonds is 2. The molecule has 0 unspecified atom stereocenters. The summed E-state index contributed by atoms with van der Waals surface area (Å²) in [6.45, 7) is 0. The lowest BCUT2D eigenvalue weighted by Gasteiger charge is -2.04. The van der Waals surface area contributed by atoms with Crippen molar-refractivity contribution < 1.29 is 4.39 Å². The summed E-state index contributed by atoms with van der Waals surface area (Å²) >= 11 is 5.07. The molecule has 2 aromatic heterocycles. The molecule has 0 saturated heterocycles. The number of aromatic nitrogens is 2. The molecule has 20 heavy (non-hydrogen) atoms. The summed E-state index contributed by atoms with van der Waals surface area (Å²) in [5, 5.41) is 6.44. The molecule has 0 fully saturated rings. The molecule has 0 amide bonds. The van der Waals surface area contributed by atoms with Gasteiger partial charge in [0.25, 0.3) is 0 Å². The van der Waals surface area contributed by atoms with E-state index < -0.39 is 0 Å². The van der Waals surface area contributed by atoms with Crippen molar-refractivity contribution in [1.82, 2.24) is 9.78 Å². The Hall–Kier alpha value is -1.66. The van der Waals surface area contributed by atoms with E-state index in [9.17, 15) is 4.39 Å². The van der Waals surface area contributed by atoms with E-state index in [1.807, 2.05) is 17.5 Å². The molecule has 0 aliphatic rings. The number of nitrogen functional groups attached to an aromatic ring is 1. The predicted octanol–water partition coefficient (Wildman–Crippen LogP) is 4.30. The number of nitrogens with zero attached hydrogens (tertiary/aromatic N) is 2. The van der Waals surface area contributed by atoms with Crippen molar-refractivity contribution >= 4 is 33.1 Å². The van der Waals surface area contributed by atoms with Gasteiger partial charge in [0.15, 0.2) is 0 Å². The highest BCUT2D eigenvalue weighted by atomic mass is 79.9. The highest BCUT2D eigenvalue weighted by Crippen LogP contribution is 2.41. The summed E-state index contributed by atoms with van der Waals surface area (Å²) in [5.74, 6) is 0.229. The number of halogens is 2. The highest BCUT2D eigenvalue weighted by Gasteiger charge is 2.20. The maximum absolute atomic E-state index is 13.5. The number of hydrogen-bond donors (Lipinski definition) is 1. The van der Waals surface area contributed by atoms with Crippen LogP contribution in [0.15, 0.2) is 40.2 Å². The van der Waals surface area contributed by atoms with Gasteiger partial charge in [-0.2, -0.15) is 5.10 Å². The molecule has 3 nitrogen and oxygen atoms in total. The lowest BCUT2D eigenvalue weighted by molar-refractivity contribution is 0.628. The van der Waals surface area contributed by atoms with Gasteiger partial charge in [0.2, 0.25) is 0 Å². The molecule has 6 heteroatoms. The Kier molecular flexibility index (Phi) is 3.35. The van der Waals surface area contributed by atoms with E-state index in [4.69, 9.17) is 5.73 Å². The van der Waals surface area contributed by atoms with Crippen LogP contribution < -0.4 is 5.73 Å². The van der Waals surface area contributed by atoms with Gasteiger partial charge in [0.1, 0.15) is 17.3 Å². The standard InChI is InChI=1S/C14H11BrFN3S/c1-19-14(17)11(8-3-2-4-9(16)7-8)12(18-19)13-10(15)5-6-20-13/h2-7H,17H2,1H3. The second-order valence-electron chi connectivity index (χ2n) is 4.34. The Morgan fingerprint density at radius 2 is 2.15 bits per heavy atom. The molecular weight excluding hydrogens is 341 g/mol. The topological polar surface area (TPSA) is 43.8 Å². The molecule has 102 valence electrons. The first-order chi connectivity index (χ1) is 9.58. The largest absolute Gasteiger partial charge is 0.383 e. The van der Waals surface area contributed by atoms with Crippen LogP contribution >= 0.6 is 27.3 Å². The minimum Gasteiger partial charge on any atom is -0.383 e. The first kappa shape index (κ1) is 13.3. The van der Waals surface area contributed by atoms with Crippen LogP contribution in [0.5, 0.6) is 0 Å². The van der Waals surface area contributed by atoms with Gasteiger partial charge >= 0.3 is 0 Å². The fourth-order valence-corrected chi connectivity index (χ4v) is 3.64. The summed E-state index contributed by atoms with van der Waals surface area (Å²) < 4.78 is 16.0. The number of hydrogen-bond acceptors (Lipinski definition) is 3. The van der Waals surface area contributed by atoms with Crippen LogP contribution in [0.25, 0.3) is 21.7 Å². The molecule has 0 spiro atoms. The molecule has 0 atom stereocenters. The lowest BCUT2D eigenvalue weighted by atomic mass is 10.0. The van der Waals surface area contributed by atoms with Gasteiger partial charge in [-0.1, -0.05) is 12.1 Å². The minimum atomic E-state index is -0.290. The van der Waals surface area contributed by atoms with Gasteiger partial charge in [-0.3, -0.25) is 4.68 Å². The van der Waals surface area contributed by atoms with E-state index in [0.29, 0.717) is 5.82 Å². The normalized spacial score (nSPS) is 10.9. The summed E-state index contributed by atoms with van der Waals surface area (Å²) in [6.07, 6.45) is 0. The van der Waals surface area contributed by atoms with Gasteiger partial charge in [0, 0.05) is 11.5 Å². The maximum atomic E-state index is 13.5. The van der Waals surface area contributed by atoms with Crippen LogP contribution in [-0.2, 0) is 7.05 Å². The number of nitrogens with two attached hydrogens (primary N) is 1. The molecule has 3 aromatic rings. The van der Waals surface area contributed by atoms with E-state index in [0.717, 1.165) is 26.2 Å². The van der Waals surface area contributed by atoms with Crippen molar-refractivity contribution in [2.45, 2.75) is 0 Å². The molecule has 1 aromatic carbocycles. The van der Waals surface area contributed by atoms with E-state index in [-0.39, 0.29) is 5.82 Å². The second-order valence-corrected chi connectivity index (χ2v) is 6.11. The van der Waals surface area contributed by atoms with Crippen LogP contribution in [0.2, 0.25) is 0 Å². The molecular formula is C14H11BrFN3S. The van der Waals surface area contributed by atoms with Crippen molar-refractivity contribution in [2.24, 2.45) is 7.05 Å². The Bertz CT molecular complexity index is 779. The van der Waals surface area contributed by atoms with Gasteiger partial charge < -0.3 is 5.73 Å². The Balaban J connectivity index is 2.28. The molecule has 2 N–H and O–H groups in total. The average Bonchev–Trinajstić information content (AvgIpc) is 2.94. The predicted molar refractivity (Wildman–Crippen MR) is 84.0 cm³/mol. The summed E-state index contributed by atoms with van der Waals surface area (Å²) in [4.78, 5) is 0.983. The zero-order valence-corrected chi connectivity index (χ0v) is 13.0. The van der Waals surface area contributed by atoms with E-state index in [2.05, 4.69) is 21.0 Å². The molecule has 0 aliphatic heterocycles. The van der Waals surface area contributed by atoms with Crippen molar-refractivity contribution in [3.8, 4) is 21.7 Å². The number of thiophene rings is 1. The second kappa shape index (κ2) is 5.03. The lowest BCUT2D eigenvalue weighted by Crippen LogP contribution is -1.98. The number of aryl methyl sites for hydroxylation is 1. The fourth-order valence-electron chi connectivity index (χ4n) is 2.09.